The molecule has 0 heterocycles. The van der Waals surface area contributed by atoms with Gasteiger partial charge in [-0.1, -0.05) is 12.1 Å². The molecule has 5 nitrogen and oxygen atoms in total. The minimum Gasteiger partial charge on any atom is -0.386 e. The van der Waals surface area contributed by atoms with Crippen LogP contribution in [0, 0.1) is 0 Å². The zero-order chi connectivity index (χ0) is 17.8. The van der Waals surface area contributed by atoms with Gasteiger partial charge in [-0.05, 0) is 17.7 Å². The second kappa shape index (κ2) is 7.26. The van der Waals surface area contributed by atoms with Gasteiger partial charge in [-0.25, -0.2) is 12.8 Å². The van der Waals surface area contributed by atoms with Crippen LogP contribution in [-0.4, -0.2) is 44.6 Å². The number of carbonyl (C=O) groups is 1. The third-order valence-corrected chi connectivity index (χ3v) is 4.03. The van der Waals surface area contributed by atoms with Gasteiger partial charge in [-0.2, -0.15) is 13.2 Å². The molecule has 1 amide bonds. The summed E-state index contributed by atoms with van der Waals surface area (Å²) in [5, 5.41) is 11.7. The van der Waals surface area contributed by atoms with Crippen molar-refractivity contribution >= 4 is 15.7 Å². The molecule has 2 atom stereocenters. The van der Waals surface area contributed by atoms with Crippen LogP contribution in [-0.2, 0) is 14.6 Å². The summed E-state index contributed by atoms with van der Waals surface area (Å²) in [5.41, 5.74) is 0.0624. The molecule has 1 rings (SSSR count). The lowest BCUT2D eigenvalue weighted by atomic mass is 10.0. The van der Waals surface area contributed by atoms with Gasteiger partial charge in [0.1, 0.15) is 19.2 Å². The van der Waals surface area contributed by atoms with E-state index in [1.807, 2.05) is 0 Å². The third kappa shape index (κ3) is 6.14. The molecular weight excluding hydrogens is 342 g/mol. The van der Waals surface area contributed by atoms with Crippen LogP contribution in [0.15, 0.2) is 29.2 Å². The number of halogens is 4. The number of carbonyl (C=O) groups excluding carboxylic acids is 1. The predicted molar refractivity (Wildman–Crippen MR) is 73.1 cm³/mol. The van der Waals surface area contributed by atoms with Gasteiger partial charge in [0.2, 0.25) is 5.91 Å². The molecule has 0 fully saturated rings. The fourth-order valence-electron chi connectivity index (χ4n) is 1.79. The predicted octanol–water partition coefficient (Wildman–Crippen LogP) is 1.53. The van der Waals surface area contributed by atoms with Crippen molar-refractivity contribution in [3.05, 3.63) is 29.8 Å². The van der Waals surface area contributed by atoms with E-state index in [-0.39, 0.29) is 10.5 Å². The van der Waals surface area contributed by atoms with E-state index >= 15 is 0 Å². The lowest BCUT2D eigenvalue weighted by Crippen LogP contribution is -2.42. The average molecular weight is 357 g/mol. The molecule has 0 radical (unpaired) electrons. The topological polar surface area (TPSA) is 83.5 Å². The molecule has 23 heavy (non-hydrogen) atoms. The maximum Gasteiger partial charge on any atom is 0.397 e. The summed E-state index contributed by atoms with van der Waals surface area (Å²) in [6, 6.07) is 3.15. The summed E-state index contributed by atoms with van der Waals surface area (Å²) in [6.07, 6.45) is -7.18. The first-order chi connectivity index (χ1) is 10.4. The summed E-state index contributed by atoms with van der Waals surface area (Å²) >= 11 is 0. The van der Waals surface area contributed by atoms with Gasteiger partial charge in [-0.3, -0.25) is 4.79 Å². The van der Waals surface area contributed by atoms with E-state index in [2.05, 4.69) is 0 Å². The summed E-state index contributed by atoms with van der Waals surface area (Å²) in [7, 11) is -3.46. The standard InChI is InChI=1S/C13H15F4NO4S/c1-23(21,22)9-4-2-8(3-5-9)12(20)10(7-14)18-11(19)6-13(15,16)17/h2-5,10,12,20H,6-7H2,1H3,(H,18,19). The quantitative estimate of drug-likeness (QED) is 0.757. The Hall–Kier alpha value is -1.68. The van der Waals surface area contributed by atoms with E-state index in [4.69, 9.17) is 0 Å². The van der Waals surface area contributed by atoms with Crippen molar-refractivity contribution in [2.24, 2.45) is 0 Å². The Morgan fingerprint density at radius 1 is 1.26 bits per heavy atom. The second-order valence-corrected chi connectivity index (χ2v) is 6.92. The molecule has 1 aromatic rings. The average Bonchev–Trinajstić information content (AvgIpc) is 2.41. The van der Waals surface area contributed by atoms with Gasteiger partial charge in [0.05, 0.1) is 10.9 Å². The Balaban J connectivity index is 2.84. The molecule has 0 spiro atoms. The summed E-state index contributed by atoms with van der Waals surface area (Å²) in [4.78, 5) is 11.1. The number of hydrogen-bond acceptors (Lipinski definition) is 4. The monoisotopic (exact) mass is 357 g/mol. The van der Waals surface area contributed by atoms with Crippen molar-refractivity contribution in [3.8, 4) is 0 Å². The lowest BCUT2D eigenvalue weighted by molar-refractivity contribution is -0.154. The Morgan fingerprint density at radius 2 is 1.78 bits per heavy atom. The SMILES string of the molecule is CS(=O)(=O)c1ccc(C(O)C(CF)NC(=O)CC(F)(F)F)cc1. The molecular formula is C13H15F4NO4S. The number of sulfone groups is 1. The van der Waals surface area contributed by atoms with E-state index < -0.39 is 47.2 Å². The van der Waals surface area contributed by atoms with Crippen molar-refractivity contribution in [3.63, 3.8) is 0 Å². The van der Waals surface area contributed by atoms with Crippen LogP contribution in [0.5, 0.6) is 0 Å². The van der Waals surface area contributed by atoms with Gasteiger partial charge < -0.3 is 10.4 Å². The van der Waals surface area contributed by atoms with Crippen molar-refractivity contribution in [1.82, 2.24) is 5.32 Å². The molecule has 0 saturated heterocycles. The van der Waals surface area contributed by atoms with Crippen LogP contribution in [0.25, 0.3) is 0 Å². The van der Waals surface area contributed by atoms with Gasteiger partial charge in [0.15, 0.2) is 9.84 Å². The summed E-state index contributed by atoms with van der Waals surface area (Å²) < 4.78 is 71.7. The molecule has 0 aliphatic heterocycles. The van der Waals surface area contributed by atoms with Crippen molar-refractivity contribution in [1.29, 1.82) is 0 Å². The lowest BCUT2D eigenvalue weighted by Gasteiger charge is -2.22. The van der Waals surface area contributed by atoms with E-state index in [9.17, 15) is 35.9 Å². The minimum absolute atomic E-state index is 0.0358. The van der Waals surface area contributed by atoms with Crippen LogP contribution in [0.3, 0.4) is 0 Å². The molecule has 2 N–H and O–H groups in total. The largest absolute Gasteiger partial charge is 0.397 e. The van der Waals surface area contributed by atoms with Crippen LogP contribution >= 0.6 is 0 Å². The van der Waals surface area contributed by atoms with Crippen molar-refractivity contribution in [2.75, 3.05) is 12.9 Å². The minimum atomic E-state index is -4.74. The Bertz CT molecular complexity index is 643. The molecule has 2 unspecified atom stereocenters. The zero-order valence-corrected chi connectivity index (χ0v) is 12.8. The number of aliphatic hydroxyl groups excluding tert-OH is 1. The van der Waals surface area contributed by atoms with E-state index in [1.54, 1.807) is 5.32 Å². The Kier molecular flexibility index (Phi) is 6.11. The third-order valence-electron chi connectivity index (χ3n) is 2.90. The molecule has 0 aromatic heterocycles. The van der Waals surface area contributed by atoms with E-state index in [1.165, 1.54) is 24.3 Å². The van der Waals surface area contributed by atoms with Crippen LogP contribution < -0.4 is 5.32 Å². The first-order valence-corrected chi connectivity index (χ1v) is 8.23. The Labute approximate surface area is 130 Å². The molecule has 130 valence electrons. The van der Waals surface area contributed by atoms with Crippen LogP contribution in [0.1, 0.15) is 18.1 Å². The maximum absolute atomic E-state index is 12.9. The van der Waals surface area contributed by atoms with E-state index in [0.29, 0.717) is 0 Å². The highest BCUT2D eigenvalue weighted by Gasteiger charge is 2.33. The maximum atomic E-state index is 12.9. The highest BCUT2D eigenvalue weighted by Crippen LogP contribution is 2.22. The normalized spacial score (nSPS) is 15.0. The van der Waals surface area contributed by atoms with Gasteiger partial charge in [0, 0.05) is 6.26 Å². The molecule has 0 aliphatic rings. The second-order valence-electron chi connectivity index (χ2n) is 4.91. The highest BCUT2D eigenvalue weighted by atomic mass is 32.2. The Morgan fingerprint density at radius 3 is 2.17 bits per heavy atom. The fourth-order valence-corrected chi connectivity index (χ4v) is 2.42. The van der Waals surface area contributed by atoms with E-state index in [0.717, 1.165) is 6.26 Å². The molecule has 0 aliphatic carbocycles. The number of amides is 1. The smallest absolute Gasteiger partial charge is 0.386 e. The first kappa shape index (κ1) is 19.4. The number of nitrogens with one attached hydrogen (secondary N) is 1. The molecule has 0 bridgehead atoms. The number of rotatable bonds is 6. The molecule has 1 aromatic carbocycles. The number of aliphatic hydroxyl groups is 1. The van der Waals surface area contributed by atoms with Crippen LogP contribution in [0.2, 0.25) is 0 Å². The zero-order valence-electron chi connectivity index (χ0n) is 12.0. The van der Waals surface area contributed by atoms with Crippen LogP contribution in [0.4, 0.5) is 17.6 Å². The highest BCUT2D eigenvalue weighted by molar-refractivity contribution is 7.90. The number of hydrogen-bond donors (Lipinski definition) is 2. The summed E-state index contributed by atoms with van der Waals surface area (Å²) in [5.74, 6) is -1.47. The first-order valence-electron chi connectivity index (χ1n) is 6.34. The summed E-state index contributed by atoms with van der Waals surface area (Å²) in [6.45, 7) is -1.29. The van der Waals surface area contributed by atoms with Gasteiger partial charge in [0.25, 0.3) is 0 Å². The van der Waals surface area contributed by atoms with Gasteiger partial charge in [-0.15, -0.1) is 0 Å². The number of alkyl halides is 4. The molecule has 0 saturated carbocycles. The van der Waals surface area contributed by atoms with Crippen molar-refractivity contribution in [2.45, 2.75) is 29.6 Å². The molecule has 10 heteroatoms. The number of benzene rings is 1. The van der Waals surface area contributed by atoms with Gasteiger partial charge >= 0.3 is 6.18 Å². The fraction of sp³-hybridized carbons (Fsp3) is 0.462. The van der Waals surface area contributed by atoms with Crippen molar-refractivity contribution < 1.29 is 35.9 Å².